The van der Waals surface area contributed by atoms with E-state index in [1.54, 1.807) is 7.11 Å². The van der Waals surface area contributed by atoms with Gasteiger partial charge in [-0.05, 0) is 62.6 Å². The number of ether oxygens (including phenoxy) is 2. The quantitative estimate of drug-likeness (QED) is 0.771. The second kappa shape index (κ2) is 6.15. The number of aliphatic hydroxyl groups excluding tert-OH is 1. The molecule has 6 rings (SSSR count). The first kappa shape index (κ1) is 18.3. The van der Waals surface area contributed by atoms with Crippen LogP contribution >= 0.6 is 11.6 Å². The number of aliphatic hydroxyl groups is 1. The molecule has 4 aliphatic carbocycles. The fourth-order valence-electron chi connectivity index (χ4n) is 6.66. The summed E-state index contributed by atoms with van der Waals surface area (Å²) in [5.74, 6) is 0.375. The van der Waals surface area contributed by atoms with Crippen molar-refractivity contribution in [3.8, 4) is 0 Å². The molecule has 1 heterocycles. The zero-order chi connectivity index (χ0) is 18.9. The Bertz CT molecular complexity index is 732. The van der Waals surface area contributed by atoms with E-state index in [0.717, 1.165) is 48.3 Å². The van der Waals surface area contributed by atoms with Crippen molar-refractivity contribution in [2.75, 3.05) is 20.3 Å². The Balaban J connectivity index is 1.54. The van der Waals surface area contributed by atoms with Crippen molar-refractivity contribution in [2.24, 2.45) is 17.8 Å². The molecule has 3 unspecified atom stereocenters. The highest BCUT2D eigenvalue weighted by molar-refractivity contribution is 6.31. The standard InChI is InChI=1S/C21H27ClO5/c1-13-7-15(3-4-18(13)22)21(24-2)20(26-27-21)16-8-14-9-17(20)12-19(10-14,11-16)25-6-5-23/h3-4,7,14,16-17,23H,5-6,8-12H2,1-2H3. The number of halogens is 1. The van der Waals surface area contributed by atoms with Crippen LogP contribution < -0.4 is 0 Å². The number of aryl methyl sites for hydroxylation is 1. The van der Waals surface area contributed by atoms with Crippen molar-refractivity contribution in [3.63, 3.8) is 0 Å². The summed E-state index contributed by atoms with van der Waals surface area (Å²) in [6.07, 6.45) is 5.18. The Hall–Kier alpha value is -0.690. The number of methoxy groups -OCH3 is 1. The van der Waals surface area contributed by atoms with E-state index < -0.39 is 11.4 Å². The third-order valence-electron chi connectivity index (χ3n) is 7.48. The van der Waals surface area contributed by atoms with Crippen LogP contribution in [0.4, 0.5) is 0 Å². The number of hydrogen-bond donors (Lipinski definition) is 1. The zero-order valence-corrected chi connectivity index (χ0v) is 16.6. The highest BCUT2D eigenvalue weighted by atomic mass is 35.5. The van der Waals surface area contributed by atoms with Gasteiger partial charge >= 0.3 is 0 Å². The molecule has 0 amide bonds. The summed E-state index contributed by atoms with van der Waals surface area (Å²) >= 11 is 6.25. The van der Waals surface area contributed by atoms with E-state index in [-0.39, 0.29) is 12.2 Å². The maximum atomic E-state index is 9.25. The summed E-state index contributed by atoms with van der Waals surface area (Å²) in [7, 11) is 1.71. The van der Waals surface area contributed by atoms with Crippen molar-refractivity contribution in [1.82, 2.24) is 0 Å². The SMILES string of the molecule is COC1(c2ccc(Cl)c(C)c2)OOC12C1CC3CC2CC(OCCO)(C3)C1. The van der Waals surface area contributed by atoms with Crippen molar-refractivity contribution < 1.29 is 24.4 Å². The minimum absolute atomic E-state index is 0.0680. The third-order valence-corrected chi connectivity index (χ3v) is 7.91. The molecule has 5 nitrogen and oxygen atoms in total. The molecule has 27 heavy (non-hydrogen) atoms. The van der Waals surface area contributed by atoms with Gasteiger partial charge in [0.1, 0.15) is 0 Å². The summed E-state index contributed by atoms with van der Waals surface area (Å²) < 4.78 is 12.3. The van der Waals surface area contributed by atoms with Crippen molar-refractivity contribution in [2.45, 2.75) is 56.0 Å². The van der Waals surface area contributed by atoms with E-state index >= 15 is 0 Å². The summed E-state index contributed by atoms with van der Waals surface area (Å²) in [6, 6.07) is 5.95. The maximum absolute atomic E-state index is 9.25. The highest BCUT2D eigenvalue weighted by Gasteiger charge is 2.78. The lowest BCUT2D eigenvalue weighted by atomic mass is 9.45. The van der Waals surface area contributed by atoms with Gasteiger partial charge in [-0.1, -0.05) is 17.7 Å². The molecule has 3 atom stereocenters. The van der Waals surface area contributed by atoms with Gasteiger partial charge in [0.15, 0.2) is 5.60 Å². The van der Waals surface area contributed by atoms with Gasteiger partial charge in [-0.3, -0.25) is 0 Å². The van der Waals surface area contributed by atoms with Crippen LogP contribution in [-0.4, -0.2) is 36.6 Å². The lowest BCUT2D eigenvalue weighted by molar-refractivity contribution is -0.647. The minimum atomic E-state index is -0.900. The normalized spacial score (nSPS) is 44.7. The molecule has 0 aromatic heterocycles. The van der Waals surface area contributed by atoms with Crippen LogP contribution in [-0.2, 0) is 25.0 Å². The van der Waals surface area contributed by atoms with Gasteiger partial charge in [0.05, 0.1) is 18.8 Å². The molecule has 1 N–H and O–H groups in total. The minimum Gasteiger partial charge on any atom is -0.394 e. The number of hydrogen-bond acceptors (Lipinski definition) is 5. The Labute approximate surface area is 164 Å². The van der Waals surface area contributed by atoms with Crippen molar-refractivity contribution in [3.05, 3.63) is 34.3 Å². The van der Waals surface area contributed by atoms with E-state index in [2.05, 4.69) is 6.07 Å². The maximum Gasteiger partial charge on any atom is 0.260 e. The van der Waals surface area contributed by atoms with Crippen molar-refractivity contribution >= 4 is 11.6 Å². The lowest BCUT2D eigenvalue weighted by Crippen LogP contribution is -2.78. The molecular weight excluding hydrogens is 368 g/mol. The average Bonchev–Trinajstić information content (AvgIpc) is 2.62. The van der Waals surface area contributed by atoms with Crippen LogP contribution in [0.5, 0.6) is 0 Å². The molecule has 148 valence electrons. The van der Waals surface area contributed by atoms with Crippen LogP contribution in [0.3, 0.4) is 0 Å². The van der Waals surface area contributed by atoms with Crippen LogP contribution in [0.25, 0.3) is 0 Å². The first-order valence-corrected chi connectivity index (χ1v) is 10.3. The molecule has 6 heteroatoms. The fraction of sp³-hybridized carbons (Fsp3) is 0.714. The molecule has 1 saturated heterocycles. The van der Waals surface area contributed by atoms with Gasteiger partial charge in [-0.25, -0.2) is 4.89 Å². The second-order valence-electron chi connectivity index (χ2n) is 8.84. The third kappa shape index (κ3) is 2.30. The van der Waals surface area contributed by atoms with Crippen LogP contribution in [0.1, 0.15) is 43.2 Å². The smallest absolute Gasteiger partial charge is 0.260 e. The Morgan fingerprint density at radius 1 is 1.19 bits per heavy atom. The van der Waals surface area contributed by atoms with Gasteiger partial charge in [-0.2, -0.15) is 4.89 Å². The highest BCUT2D eigenvalue weighted by Crippen LogP contribution is 2.70. The summed E-state index contributed by atoms with van der Waals surface area (Å²) in [5.41, 5.74) is 1.36. The van der Waals surface area contributed by atoms with Crippen LogP contribution in [0.2, 0.25) is 5.02 Å². The number of benzene rings is 1. The van der Waals surface area contributed by atoms with Gasteiger partial charge in [0.25, 0.3) is 5.79 Å². The molecule has 1 spiro atoms. The lowest BCUT2D eigenvalue weighted by Gasteiger charge is -2.70. The van der Waals surface area contributed by atoms with Gasteiger partial charge in [0.2, 0.25) is 0 Å². The molecule has 1 aromatic carbocycles. The van der Waals surface area contributed by atoms with Gasteiger partial charge < -0.3 is 14.6 Å². The molecule has 1 aromatic rings. The monoisotopic (exact) mass is 394 g/mol. The van der Waals surface area contributed by atoms with E-state index in [0.29, 0.717) is 24.4 Å². The largest absolute Gasteiger partial charge is 0.394 e. The first-order chi connectivity index (χ1) is 13.0. The Morgan fingerprint density at radius 3 is 2.48 bits per heavy atom. The van der Waals surface area contributed by atoms with Gasteiger partial charge in [0, 0.05) is 29.5 Å². The molecule has 4 bridgehead atoms. The van der Waals surface area contributed by atoms with Crippen LogP contribution in [0, 0.1) is 24.7 Å². The van der Waals surface area contributed by atoms with E-state index in [1.807, 2.05) is 19.1 Å². The van der Waals surface area contributed by atoms with Crippen LogP contribution in [0.15, 0.2) is 18.2 Å². The molecule has 5 aliphatic rings. The average molecular weight is 395 g/mol. The molecule has 4 saturated carbocycles. The Morgan fingerprint density at radius 2 is 1.93 bits per heavy atom. The van der Waals surface area contributed by atoms with Gasteiger partial charge in [-0.15, -0.1) is 0 Å². The fourth-order valence-corrected chi connectivity index (χ4v) is 6.77. The van der Waals surface area contributed by atoms with Crippen molar-refractivity contribution in [1.29, 1.82) is 0 Å². The summed E-state index contributed by atoms with van der Waals surface area (Å²) in [5, 5.41) is 9.98. The van der Waals surface area contributed by atoms with E-state index in [1.165, 1.54) is 0 Å². The van der Waals surface area contributed by atoms with E-state index in [4.69, 9.17) is 30.8 Å². The predicted octanol–water partition coefficient (Wildman–Crippen LogP) is 3.74. The first-order valence-electron chi connectivity index (χ1n) is 9.92. The summed E-state index contributed by atoms with van der Waals surface area (Å²) in [6.45, 7) is 2.47. The zero-order valence-electron chi connectivity index (χ0n) is 15.9. The number of rotatable bonds is 5. The van der Waals surface area contributed by atoms with E-state index in [9.17, 15) is 5.11 Å². The molecule has 0 radical (unpaired) electrons. The predicted molar refractivity (Wildman–Crippen MR) is 99.1 cm³/mol. The molecular formula is C21H27ClO5. The second-order valence-corrected chi connectivity index (χ2v) is 9.25. The summed E-state index contributed by atoms with van der Waals surface area (Å²) in [4.78, 5) is 11.8. The topological polar surface area (TPSA) is 57.2 Å². The Kier molecular flexibility index (Phi) is 4.18. The molecule has 1 aliphatic heterocycles. The molecule has 5 fully saturated rings.